The van der Waals surface area contributed by atoms with Gasteiger partial charge in [-0.15, -0.1) is 11.3 Å². The van der Waals surface area contributed by atoms with Crippen molar-refractivity contribution >= 4 is 34.2 Å². The standard InChI is InChI=1S/C22H26N2O5S/c1-3-16(29-21(26)14-10-12-23-13-11-14)19(25)24-20-18(22(27)28-2)15-8-6-4-5-7-9-17(15)30-20/h10-13,16H,3-9H2,1-2H3,(H,24,25). The smallest absolute Gasteiger partial charge is 0.341 e. The van der Waals surface area contributed by atoms with Gasteiger partial charge in [-0.25, -0.2) is 9.59 Å². The second-order valence-corrected chi connectivity index (χ2v) is 8.25. The van der Waals surface area contributed by atoms with Crippen molar-refractivity contribution < 1.29 is 23.9 Å². The third-order valence-corrected chi connectivity index (χ3v) is 6.33. The average Bonchev–Trinajstić information content (AvgIpc) is 3.07. The molecule has 2 aromatic rings. The number of fused-ring (bicyclic) bond motifs is 1. The van der Waals surface area contributed by atoms with Gasteiger partial charge >= 0.3 is 11.9 Å². The molecule has 0 saturated carbocycles. The van der Waals surface area contributed by atoms with E-state index in [9.17, 15) is 14.4 Å². The van der Waals surface area contributed by atoms with Crippen LogP contribution in [0.25, 0.3) is 0 Å². The Balaban J connectivity index is 1.81. The number of thiophene rings is 1. The molecule has 0 aromatic carbocycles. The average molecular weight is 431 g/mol. The highest BCUT2D eigenvalue weighted by Crippen LogP contribution is 2.37. The van der Waals surface area contributed by atoms with Gasteiger partial charge in [0.15, 0.2) is 6.10 Å². The normalized spacial score (nSPS) is 14.6. The van der Waals surface area contributed by atoms with Crippen LogP contribution in [0.4, 0.5) is 5.00 Å². The van der Waals surface area contributed by atoms with Crippen LogP contribution in [0.15, 0.2) is 24.5 Å². The van der Waals surface area contributed by atoms with Crippen LogP contribution in [0.1, 0.15) is 70.2 Å². The lowest BCUT2D eigenvalue weighted by atomic mass is 9.96. The molecule has 0 fully saturated rings. The van der Waals surface area contributed by atoms with E-state index in [2.05, 4.69) is 10.3 Å². The van der Waals surface area contributed by atoms with Crippen LogP contribution in [0.2, 0.25) is 0 Å². The van der Waals surface area contributed by atoms with Gasteiger partial charge in [-0.1, -0.05) is 19.8 Å². The van der Waals surface area contributed by atoms with Crippen molar-refractivity contribution in [3.8, 4) is 0 Å². The number of ether oxygens (including phenoxy) is 2. The van der Waals surface area contributed by atoms with Crippen LogP contribution in [0, 0.1) is 0 Å². The molecular formula is C22H26N2O5S. The number of aryl methyl sites for hydroxylation is 1. The molecular weight excluding hydrogens is 404 g/mol. The van der Waals surface area contributed by atoms with Gasteiger partial charge in [0.1, 0.15) is 5.00 Å². The molecule has 8 heteroatoms. The first-order valence-corrected chi connectivity index (χ1v) is 11.0. The van der Waals surface area contributed by atoms with Gasteiger partial charge in [0.2, 0.25) is 0 Å². The van der Waals surface area contributed by atoms with E-state index < -0.39 is 23.9 Å². The van der Waals surface area contributed by atoms with E-state index in [1.54, 1.807) is 6.92 Å². The maximum atomic E-state index is 12.9. The number of esters is 2. The second kappa shape index (κ2) is 10.3. The summed E-state index contributed by atoms with van der Waals surface area (Å²) in [5.41, 5.74) is 1.73. The molecule has 1 N–H and O–H groups in total. The number of methoxy groups -OCH3 is 1. The Kier molecular flexibility index (Phi) is 7.57. The quantitative estimate of drug-likeness (QED) is 0.692. The summed E-state index contributed by atoms with van der Waals surface area (Å²) in [6.07, 6.45) is 8.33. The number of hydrogen-bond donors (Lipinski definition) is 1. The van der Waals surface area contributed by atoms with E-state index in [1.807, 2.05) is 0 Å². The number of nitrogens with zero attached hydrogens (tertiary/aromatic N) is 1. The Hall–Kier alpha value is -2.74. The third-order valence-electron chi connectivity index (χ3n) is 5.13. The highest BCUT2D eigenvalue weighted by atomic mass is 32.1. The van der Waals surface area contributed by atoms with Gasteiger partial charge in [0.05, 0.1) is 18.2 Å². The Bertz CT molecular complexity index is 910. The highest BCUT2D eigenvalue weighted by Gasteiger charge is 2.29. The second-order valence-electron chi connectivity index (χ2n) is 7.14. The van der Waals surface area contributed by atoms with Crippen LogP contribution in [-0.2, 0) is 27.1 Å². The molecule has 160 valence electrons. The highest BCUT2D eigenvalue weighted by molar-refractivity contribution is 7.17. The summed E-state index contributed by atoms with van der Waals surface area (Å²) < 4.78 is 10.4. The zero-order valence-corrected chi connectivity index (χ0v) is 18.0. The van der Waals surface area contributed by atoms with E-state index >= 15 is 0 Å². The summed E-state index contributed by atoms with van der Waals surface area (Å²) in [7, 11) is 1.34. The zero-order valence-electron chi connectivity index (χ0n) is 17.2. The Morgan fingerprint density at radius 1 is 1.10 bits per heavy atom. The molecule has 3 rings (SSSR count). The molecule has 1 aliphatic carbocycles. The number of nitrogens with one attached hydrogen (secondary N) is 1. The Morgan fingerprint density at radius 2 is 1.80 bits per heavy atom. The number of hydrogen-bond acceptors (Lipinski definition) is 7. The lowest BCUT2D eigenvalue weighted by molar-refractivity contribution is -0.124. The summed E-state index contributed by atoms with van der Waals surface area (Å²) in [5.74, 6) is -1.50. The number of rotatable bonds is 6. The van der Waals surface area contributed by atoms with Crippen molar-refractivity contribution in [1.29, 1.82) is 0 Å². The van der Waals surface area contributed by atoms with Crippen molar-refractivity contribution in [2.75, 3.05) is 12.4 Å². The number of carbonyl (C=O) groups is 3. The van der Waals surface area contributed by atoms with E-state index in [4.69, 9.17) is 9.47 Å². The topological polar surface area (TPSA) is 94.6 Å². The van der Waals surface area contributed by atoms with Gasteiger partial charge in [-0.2, -0.15) is 0 Å². The molecule has 7 nitrogen and oxygen atoms in total. The molecule has 1 atom stereocenters. The van der Waals surface area contributed by atoms with Gasteiger partial charge in [-0.3, -0.25) is 9.78 Å². The van der Waals surface area contributed by atoms with Crippen molar-refractivity contribution in [2.45, 2.75) is 58.0 Å². The molecule has 1 unspecified atom stereocenters. The molecule has 0 radical (unpaired) electrons. The van der Waals surface area contributed by atoms with Crippen LogP contribution in [0.3, 0.4) is 0 Å². The minimum atomic E-state index is -0.971. The molecule has 1 amide bonds. The minimum absolute atomic E-state index is 0.307. The molecule has 0 bridgehead atoms. The number of carbonyl (C=O) groups excluding carboxylic acids is 3. The SMILES string of the molecule is CCC(OC(=O)c1ccncc1)C(=O)Nc1sc2c(c1C(=O)OC)CCCCCC2. The molecule has 2 heterocycles. The predicted octanol–water partition coefficient (Wildman–Crippen LogP) is 4.16. The van der Waals surface area contributed by atoms with E-state index in [1.165, 1.54) is 43.0 Å². The molecule has 1 aliphatic rings. The molecule has 0 spiro atoms. The fraction of sp³-hybridized carbons (Fsp3) is 0.455. The van der Waals surface area contributed by atoms with Crippen molar-refractivity contribution in [3.63, 3.8) is 0 Å². The summed E-state index contributed by atoms with van der Waals surface area (Å²) in [4.78, 5) is 42.7. The Labute approximate surface area is 179 Å². The maximum Gasteiger partial charge on any atom is 0.341 e. The zero-order chi connectivity index (χ0) is 21.5. The summed E-state index contributed by atoms with van der Waals surface area (Å²) >= 11 is 1.42. The van der Waals surface area contributed by atoms with Crippen molar-refractivity contribution in [2.24, 2.45) is 0 Å². The first kappa shape index (κ1) is 22.0. The number of pyridine rings is 1. The monoisotopic (exact) mass is 430 g/mol. The fourth-order valence-corrected chi connectivity index (χ4v) is 4.81. The van der Waals surface area contributed by atoms with Gasteiger partial charge < -0.3 is 14.8 Å². The first-order valence-electron chi connectivity index (χ1n) is 10.2. The summed E-state index contributed by atoms with van der Waals surface area (Å²) in [6.45, 7) is 1.76. The summed E-state index contributed by atoms with van der Waals surface area (Å²) in [5, 5.41) is 3.29. The number of amides is 1. The van der Waals surface area contributed by atoms with E-state index in [0.29, 0.717) is 22.5 Å². The minimum Gasteiger partial charge on any atom is -0.465 e. The fourth-order valence-electron chi connectivity index (χ4n) is 3.53. The lowest BCUT2D eigenvalue weighted by Crippen LogP contribution is -2.32. The molecule has 30 heavy (non-hydrogen) atoms. The first-order chi connectivity index (χ1) is 14.5. The van der Waals surface area contributed by atoms with Crippen LogP contribution >= 0.6 is 11.3 Å². The van der Waals surface area contributed by atoms with Gasteiger partial charge in [0.25, 0.3) is 5.91 Å². The number of aromatic nitrogens is 1. The molecule has 0 saturated heterocycles. The lowest BCUT2D eigenvalue weighted by Gasteiger charge is -2.16. The van der Waals surface area contributed by atoms with Crippen LogP contribution < -0.4 is 5.32 Å². The van der Waals surface area contributed by atoms with E-state index in [-0.39, 0.29) is 0 Å². The Morgan fingerprint density at radius 3 is 2.47 bits per heavy atom. The predicted molar refractivity (Wildman–Crippen MR) is 114 cm³/mol. The largest absolute Gasteiger partial charge is 0.465 e. The van der Waals surface area contributed by atoms with E-state index in [0.717, 1.165) is 49.0 Å². The van der Waals surface area contributed by atoms with Gasteiger partial charge in [-0.05, 0) is 49.8 Å². The molecule has 0 aliphatic heterocycles. The van der Waals surface area contributed by atoms with Crippen LogP contribution in [0.5, 0.6) is 0 Å². The maximum absolute atomic E-state index is 12.9. The third kappa shape index (κ3) is 5.05. The number of anilines is 1. The van der Waals surface area contributed by atoms with Crippen LogP contribution in [-0.4, -0.2) is 36.0 Å². The van der Waals surface area contributed by atoms with Crippen molar-refractivity contribution in [3.05, 3.63) is 46.1 Å². The summed E-state index contributed by atoms with van der Waals surface area (Å²) in [6, 6.07) is 3.06. The molecule has 2 aromatic heterocycles. The van der Waals surface area contributed by atoms with Gasteiger partial charge in [0, 0.05) is 17.3 Å². The van der Waals surface area contributed by atoms with Crippen molar-refractivity contribution in [1.82, 2.24) is 4.98 Å².